The van der Waals surface area contributed by atoms with Crippen molar-refractivity contribution in [2.24, 2.45) is 0 Å². The van der Waals surface area contributed by atoms with Gasteiger partial charge >= 0.3 is 0 Å². The summed E-state index contributed by atoms with van der Waals surface area (Å²) in [7, 11) is -3.63. The van der Waals surface area contributed by atoms with Gasteiger partial charge in [0.15, 0.2) is 0 Å². The van der Waals surface area contributed by atoms with Gasteiger partial charge in [-0.3, -0.25) is 0 Å². The highest BCUT2D eigenvalue weighted by Gasteiger charge is 2.18. The van der Waals surface area contributed by atoms with Crippen LogP contribution in [0.3, 0.4) is 0 Å². The first-order chi connectivity index (χ1) is 9.58. The van der Waals surface area contributed by atoms with E-state index in [2.05, 4.69) is 14.9 Å². The molecule has 0 saturated carbocycles. The summed E-state index contributed by atoms with van der Waals surface area (Å²) in [5.41, 5.74) is 5.35. The van der Waals surface area contributed by atoms with Crippen molar-refractivity contribution in [1.29, 1.82) is 0 Å². The zero-order valence-corrected chi connectivity index (χ0v) is 12.2. The monoisotopic (exact) mass is 314 g/mol. The van der Waals surface area contributed by atoms with Crippen LogP contribution in [0.2, 0.25) is 0 Å². The van der Waals surface area contributed by atoms with E-state index in [-0.39, 0.29) is 16.0 Å². The summed E-state index contributed by atoms with van der Waals surface area (Å²) in [6, 6.07) is 9.33. The quantitative estimate of drug-likeness (QED) is 0.734. The number of ether oxygens (including phenoxy) is 1. The molecule has 0 amide bonds. The molecule has 1 aromatic heterocycles. The summed E-state index contributed by atoms with van der Waals surface area (Å²) < 4.78 is 31.3. The number of hydrogen-bond donors (Lipinski definition) is 2. The van der Waals surface area contributed by atoms with Gasteiger partial charge in [0.25, 0.3) is 10.0 Å². The van der Waals surface area contributed by atoms with Crippen LogP contribution in [0.5, 0.6) is 5.75 Å². The minimum atomic E-state index is -3.63. The van der Waals surface area contributed by atoms with Gasteiger partial charge in [-0.25, -0.2) is 13.1 Å². The molecule has 108 valence electrons. The molecule has 0 saturated heterocycles. The minimum absolute atomic E-state index is 0.123. The first-order valence-corrected chi connectivity index (χ1v) is 8.14. The highest BCUT2D eigenvalue weighted by atomic mass is 32.2. The van der Waals surface area contributed by atoms with Gasteiger partial charge in [-0.05, 0) is 18.6 Å². The molecule has 20 heavy (non-hydrogen) atoms. The second-order valence-corrected chi connectivity index (χ2v) is 6.77. The molecule has 1 heterocycles. The second kappa shape index (κ2) is 6.64. The number of nitrogens with zero attached hydrogens (tertiary/aromatic N) is 2. The molecule has 3 N–H and O–H groups in total. The Bertz CT molecular complexity index is 643. The van der Waals surface area contributed by atoms with E-state index in [9.17, 15) is 8.42 Å². The van der Waals surface area contributed by atoms with Gasteiger partial charge in [-0.15, -0.1) is 10.2 Å². The fourth-order valence-corrected chi connectivity index (χ4v) is 3.27. The molecular weight excluding hydrogens is 300 g/mol. The minimum Gasteiger partial charge on any atom is -0.494 e. The van der Waals surface area contributed by atoms with E-state index >= 15 is 0 Å². The fraction of sp³-hybridized carbons (Fsp3) is 0.273. The predicted octanol–water partition coefficient (Wildman–Crippen LogP) is 0.868. The largest absolute Gasteiger partial charge is 0.494 e. The van der Waals surface area contributed by atoms with E-state index in [1.807, 2.05) is 30.3 Å². The van der Waals surface area contributed by atoms with E-state index in [4.69, 9.17) is 10.5 Å². The number of benzene rings is 1. The Morgan fingerprint density at radius 3 is 2.65 bits per heavy atom. The Morgan fingerprint density at radius 1 is 1.25 bits per heavy atom. The molecular formula is C11H14N4O3S2. The van der Waals surface area contributed by atoms with Crippen molar-refractivity contribution >= 4 is 26.5 Å². The molecule has 0 spiro atoms. The molecule has 7 nitrogen and oxygen atoms in total. The Labute approximate surface area is 120 Å². The third kappa shape index (κ3) is 4.15. The molecule has 0 bridgehead atoms. The maximum atomic E-state index is 11.8. The Morgan fingerprint density at radius 2 is 2.00 bits per heavy atom. The Kier molecular flexibility index (Phi) is 4.88. The summed E-state index contributed by atoms with van der Waals surface area (Å²) >= 11 is 0.829. The van der Waals surface area contributed by atoms with Crippen molar-refractivity contribution in [2.45, 2.75) is 10.8 Å². The lowest BCUT2D eigenvalue weighted by atomic mass is 10.3. The molecule has 0 atom stereocenters. The van der Waals surface area contributed by atoms with Gasteiger partial charge in [0.2, 0.25) is 9.47 Å². The Hall–Kier alpha value is -1.71. The van der Waals surface area contributed by atoms with E-state index in [1.54, 1.807) is 0 Å². The van der Waals surface area contributed by atoms with Gasteiger partial charge in [0, 0.05) is 6.54 Å². The highest BCUT2D eigenvalue weighted by molar-refractivity contribution is 7.91. The smallest absolute Gasteiger partial charge is 0.269 e. The van der Waals surface area contributed by atoms with Crippen LogP contribution in [0.25, 0.3) is 0 Å². The van der Waals surface area contributed by atoms with E-state index in [1.165, 1.54) is 0 Å². The summed E-state index contributed by atoms with van der Waals surface area (Å²) in [6.45, 7) is 0.680. The average molecular weight is 314 g/mol. The number of sulfonamides is 1. The summed E-state index contributed by atoms with van der Waals surface area (Å²) in [5.74, 6) is 0.757. The fourth-order valence-electron chi connectivity index (χ4n) is 1.38. The van der Waals surface area contributed by atoms with Gasteiger partial charge in [-0.2, -0.15) is 0 Å². The summed E-state index contributed by atoms with van der Waals surface area (Å²) in [4.78, 5) is 0. The lowest BCUT2D eigenvalue weighted by Crippen LogP contribution is -2.25. The maximum absolute atomic E-state index is 11.8. The van der Waals surface area contributed by atoms with Crippen LogP contribution in [0.1, 0.15) is 6.42 Å². The van der Waals surface area contributed by atoms with Crippen LogP contribution in [0.4, 0.5) is 5.13 Å². The molecule has 2 aromatic rings. The molecule has 1 aromatic carbocycles. The summed E-state index contributed by atoms with van der Waals surface area (Å²) in [6.07, 6.45) is 0.544. The molecule has 0 aliphatic heterocycles. The van der Waals surface area contributed by atoms with Crippen LogP contribution in [0, 0.1) is 0 Å². The molecule has 9 heteroatoms. The van der Waals surface area contributed by atoms with Crippen molar-refractivity contribution in [1.82, 2.24) is 14.9 Å². The van der Waals surface area contributed by atoms with Gasteiger partial charge < -0.3 is 10.5 Å². The topological polar surface area (TPSA) is 107 Å². The maximum Gasteiger partial charge on any atom is 0.269 e. The average Bonchev–Trinajstić information content (AvgIpc) is 2.87. The SMILES string of the molecule is Nc1nnc(S(=O)(=O)NCCCOc2ccccc2)s1. The van der Waals surface area contributed by atoms with Crippen LogP contribution in [-0.2, 0) is 10.0 Å². The number of aromatic nitrogens is 2. The predicted molar refractivity (Wildman–Crippen MR) is 76.1 cm³/mol. The number of nitrogens with two attached hydrogens (primary N) is 1. The van der Waals surface area contributed by atoms with Crippen molar-refractivity contribution in [3.05, 3.63) is 30.3 Å². The standard InChI is InChI=1S/C11H14N4O3S2/c12-10-14-15-11(19-10)20(16,17)13-7-4-8-18-9-5-2-1-3-6-9/h1-3,5-6,13H,4,7-8H2,(H2,12,14). The zero-order valence-electron chi connectivity index (χ0n) is 10.5. The molecule has 0 unspecified atom stereocenters. The first-order valence-electron chi connectivity index (χ1n) is 5.84. The normalized spacial score (nSPS) is 11.4. The first kappa shape index (κ1) is 14.7. The van der Waals surface area contributed by atoms with E-state index in [0.29, 0.717) is 13.0 Å². The van der Waals surface area contributed by atoms with Gasteiger partial charge in [0.1, 0.15) is 5.75 Å². The second-order valence-electron chi connectivity index (χ2n) is 3.82. The van der Waals surface area contributed by atoms with E-state index < -0.39 is 10.0 Å². The third-order valence-corrected chi connectivity index (χ3v) is 4.86. The number of nitrogens with one attached hydrogen (secondary N) is 1. The summed E-state index contributed by atoms with van der Waals surface area (Å²) in [5, 5.41) is 7.09. The van der Waals surface area contributed by atoms with Crippen LogP contribution in [-0.4, -0.2) is 31.8 Å². The number of nitrogen functional groups attached to an aromatic ring is 1. The van der Waals surface area contributed by atoms with E-state index in [0.717, 1.165) is 17.1 Å². The van der Waals surface area contributed by atoms with Crippen molar-refractivity contribution < 1.29 is 13.2 Å². The lowest BCUT2D eigenvalue weighted by molar-refractivity contribution is 0.311. The number of para-hydroxylation sites is 1. The van der Waals surface area contributed by atoms with Crippen molar-refractivity contribution in [3.63, 3.8) is 0 Å². The molecule has 0 aliphatic rings. The third-order valence-electron chi connectivity index (χ3n) is 2.28. The molecule has 0 fully saturated rings. The van der Waals surface area contributed by atoms with Crippen molar-refractivity contribution in [2.75, 3.05) is 18.9 Å². The van der Waals surface area contributed by atoms with Crippen molar-refractivity contribution in [3.8, 4) is 5.75 Å². The highest BCUT2D eigenvalue weighted by Crippen LogP contribution is 2.16. The number of anilines is 1. The molecule has 0 radical (unpaired) electrons. The number of rotatable bonds is 7. The zero-order chi connectivity index (χ0) is 14.4. The molecule has 0 aliphatic carbocycles. The van der Waals surface area contributed by atoms with Gasteiger partial charge in [-0.1, -0.05) is 29.5 Å². The lowest BCUT2D eigenvalue weighted by Gasteiger charge is -2.06. The van der Waals surface area contributed by atoms with Gasteiger partial charge in [0.05, 0.1) is 6.61 Å². The van der Waals surface area contributed by atoms with Crippen LogP contribution < -0.4 is 15.2 Å². The Balaban J connectivity index is 1.73. The van der Waals surface area contributed by atoms with Crippen LogP contribution >= 0.6 is 11.3 Å². The number of hydrogen-bond acceptors (Lipinski definition) is 7. The molecule has 2 rings (SSSR count). The van der Waals surface area contributed by atoms with Crippen LogP contribution in [0.15, 0.2) is 34.7 Å².